The van der Waals surface area contributed by atoms with Crippen molar-refractivity contribution >= 4 is 11.8 Å². The van der Waals surface area contributed by atoms with Crippen LogP contribution in [0.25, 0.3) is 0 Å². The van der Waals surface area contributed by atoms with Crippen LogP contribution in [0.4, 0.5) is 0 Å². The van der Waals surface area contributed by atoms with Crippen molar-refractivity contribution in [2.75, 3.05) is 0 Å². The molecule has 0 aromatic carbocycles. The molecule has 4 bridgehead atoms. The average molecular weight is 415 g/mol. The van der Waals surface area contributed by atoms with E-state index in [1.54, 1.807) is 0 Å². The van der Waals surface area contributed by atoms with Crippen molar-refractivity contribution < 1.29 is 9.59 Å². The monoisotopic (exact) mass is 414 g/mol. The van der Waals surface area contributed by atoms with E-state index in [2.05, 4.69) is 24.5 Å². The zero-order valence-electron chi connectivity index (χ0n) is 19.1. The summed E-state index contributed by atoms with van der Waals surface area (Å²) in [7, 11) is 0. The Labute approximate surface area is 182 Å². The van der Waals surface area contributed by atoms with Gasteiger partial charge in [-0.05, 0) is 114 Å². The second-order valence-corrected chi connectivity index (χ2v) is 11.8. The van der Waals surface area contributed by atoms with Gasteiger partial charge in [0.05, 0.1) is 0 Å². The van der Waals surface area contributed by atoms with E-state index >= 15 is 0 Å². The number of rotatable bonds is 6. The standard InChI is InChI=1S/C26H42N2O2/c1-15(23-13-17-3-5-21(23)11-17)27-25(29)19-7-9-20(10-8-19)26(30)28-16(2)24-14-18-4-6-22(24)12-18/h15-24H,3-14H2,1-2H3,(H,27,29)(H,28,30)/t15-,16+,17-,18-,19?,20?,21-,22-,23-,24+/m0/s1. The third kappa shape index (κ3) is 4.05. The number of fused-ring (bicyclic) bond motifs is 4. The first-order chi connectivity index (χ1) is 14.5. The molecule has 2 amide bonds. The third-order valence-corrected chi connectivity index (χ3v) is 10.1. The molecule has 2 N–H and O–H groups in total. The molecule has 0 saturated heterocycles. The molecule has 5 fully saturated rings. The summed E-state index contributed by atoms with van der Waals surface area (Å²) in [5.41, 5.74) is 0. The average Bonchev–Trinajstić information content (AvgIpc) is 3.55. The molecule has 5 aliphatic rings. The molecule has 8 atom stereocenters. The Morgan fingerprint density at radius 2 is 1.00 bits per heavy atom. The predicted molar refractivity (Wildman–Crippen MR) is 119 cm³/mol. The van der Waals surface area contributed by atoms with Gasteiger partial charge in [-0.25, -0.2) is 0 Å². The number of nitrogens with one attached hydrogen (secondary N) is 2. The Morgan fingerprint density at radius 1 is 0.600 bits per heavy atom. The summed E-state index contributed by atoms with van der Waals surface area (Å²) in [6.45, 7) is 4.44. The van der Waals surface area contributed by atoms with Crippen LogP contribution in [-0.4, -0.2) is 23.9 Å². The number of amides is 2. The summed E-state index contributed by atoms with van der Waals surface area (Å²) in [6.07, 6.45) is 14.5. The lowest BCUT2D eigenvalue weighted by molar-refractivity contribution is -0.131. The van der Waals surface area contributed by atoms with E-state index in [9.17, 15) is 9.59 Å². The number of carbonyl (C=O) groups excluding carboxylic acids is 2. The van der Waals surface area contributed by atoms with Gasteiger partial charge in [0.1, 0.15) is 0 Å². The SMILES string of the molecule is C[C@H](NC(=O)C1CCC(C(=O)N[C@H](C)[C@H]2C[C@H]3CC[C@H]2C3)CC1)[C@@H]1C[C@H]2CC[C@H]1C2. The van der Waals surface area contributed by atoms with Gasteiger partial charge >= 0.3 is 0 Å². The summed E-state index contributed by atoms with van der Waals surface area (Å²) in [5.74, 6) is 5.66. The molecule has 0 radical (unpaired) electrons. The van der Waals surface area contributed by atoms with E-state index in [1.165, 1.54) is 51.4 Å². The van der Waals surface area contributed by atoms with E-state index in [-0.39, 0.29) is 23.7 Å². The highest BCUT2D eigenvalue weighted by Gasteiger charge is 2.44. The zero-order valence-corrected chi connectivity index (χ0v) is 19.1. The Bertz CT molecular complexity index is 599. The minimum Gasteiger partial charge on any atom is -0.353 e. The normalized spacial score (nSPS) is 44.1. The largest absolute Gasteiger partial charge is 0.353 e. The topological polar surface area (TPSA) is 58.2 Å². The number of hydrogen-bond acceptors (Lipinski definition) is 2. The van der Waals surface area contributed by atoms with Crippen LogP contribution in [0.3, 0.4) is 0 Å². The molecule has 0 spiro atoms. The van der Waals surface area contributed by atoms with E-state index < -0.39 is 0 Å². The van der Waals surface area contributed by atoms with Crippen LogP contribution in [0.2, 0.25) is 0 Å². The molecule has 0 aromatic rings. The third-order valence-electron chi connectivity index (χ3n) is 10.1. The molecule has 4 nitrogen and oxygen atoms in total. The van der Waals surface area contributed by atoms with Gasteiger partial charge in [0.2, 0.25) is 11.8 Å². The summed E-state index contributed by atoms with van der Waals surface area (Å²) in [6, 6.07) is 0.632. The van der Waals surface area contributed by atoms with Crippen LogP contribution < -0.4 is 10.6 Å². The molecule has 30 heavy (non-hydrogen) atoms. The summed E-state index contributed by atoms with van der Waals surface area (Å²) in [5, 5.41) is 6.73. The molecule has 5 saturated carbocycles. The van der Waals surface area contributed by atoms with Crippen molar-refractivity contribution in [3.8, 4) is 0 Å². The molecule has 0 aliphatic heterocycles. The molecule has 0 aromatic heterocycles. The van der Waals surface area contributed by atoms with Crippen molar-refractivity contribution in [2.24, 2.45) is 47.3 Å². The van der Waals surface area contributed by atoms with Crippen molar-refractivity contribution in [3.63, 3.8) is 0 Å². The summed E-state index contributed by atoms with van der Waals surface area (Å²) >= 11 is 0. The Morgan fingerprint density at radius 3 is 1.30 bits per heavy atom. The second kappa shape index (κ2) is 8.47. The maximum Gasteiger partial charge on any atom is 0.223 e. The van der Waals surface area contributed by atoms with Gasteiger partial charge in [-0.1, -0.05) is 12.8 Å². The van der Waals surface area contributed by atoms with E-state index in [0.29, 0.717) is 23.9 Å². The van der Waals surface area contributed by atoms with Gasteiger partial charge < -0.3 is 10.6 Å². The predicted octanol–water partition coefficient (Wildman–Crippen LogP) is 4.67. The summed E-state index contributed by atoms with van der Waals surface area (Å²) < 4.78 is 0. The van der Waals surface area contributed by atoms with Crippen molar-refractivity contribution in [1.82, 2.24) is 10.6 Å². The van der Waals surface area contributed by atoms with Crippen LogP contribution in [0.15, 0.2) is 0 Å². The lowest BCUT2D eigenvalue weighted by atomic mass is 9.79. The van der Waals surface area contributed by atoms with Crippen molar-refractivity contribution in [2.45, 2.75) is 103 Å². The maximum absolute atomic E-state index is 12.9. The lowest BCUT2D eigenvalue weighted by Crippen LogP contribution is -2.46. The quantitative estimate of drug-likeness (QED) is 0.663. The molecular formula is C26H42N2O2. The summed E-state index contributed by atoms with van der Waals surface area (Å²) in [4.78, 5) is 25.7. The zero-order chi connectivity index (χ0) is 20.8. The highest BCUT2D eigenvalue weighted by atomic mass is 16.2. The van der Waals surface area contributed by atoms with Crippen LogP contribution in [-0.2, 0) is 9.59 Å². The van der Waals surface area contributed by atoms with E-state index in [4.69, 9.17) is 0 Å². The van der Waals surface area contributed by atoms with Gasteiger partial charge in [0.25, 0.3) is 0 Å². The molecule has 4 heteroatoms. The fourth-order valence-corrected chi connectivity index (χ4v) is 8.33. The van der Waals surface area contributed by atoms with Crippen LogP contribution in [0, 0.1) is 47.3 Å². The first-order valence-corrected chi connectivity index (χ1v) is 13.1. The first kappa shape index (κ1) is 20.8. The van der Waals surface area contributed by atoms with Gasteiger partial charge in [-0.2, -0.15) is 0 Å². The lowest BCUT2D eigenvalue weighted by Gasteiger charge is -2.33. The van der Waals surface area contributed by atoms with E-state index in [1.807, 2.05) is 0 Å². The molecule has 5 aliphatic carbocycles. The van der Waals surface area contributed by atoms with Gasteiger partial charge in [0, 0.05) is 23.9 Å². The van der Waals surface area contributed by atoms with Crippen LogP contribution in [0.5, 0.6) is 0 Å². The van der Waals surface area contributed by atoms with Crippen LogP contribution in [0.1, 0.15) is 90.9 Å². The fraction of sp³-hybridized carbons (Fsp3) is 0.923. The number of carbonyl (C=O) groups is 2. The van der Waals surface area contributed by atoms with Gasteiger partial charge in [-0.3, -0.25) is 9.59 Å². The van der Waals surface area contributed by atoms with Crippen molar-refractivity contribution in [1.29, 1.82) is 0 Å². The maximum atomic E-state index is 12.9. The molecule has 168 valence electrons. The fourth-order valence-electron chi connectivity index (χ4n) is 8.33. The first-order valence-electron chi connectivity index (χ1n) is 13.1. The highest BCUT2D eigenvalue weighted by molar-refractivity contribution is 5.81. The highest BCUT2D eigenvalue weighted by Crippen LogP contribution is 2.50. The molecular weight excluding hydrogens is 372 g/mol. The second-order valence-electron chi connectivity index (χ2n) is 11.8. The smallest absolute Gasteiger partial charge is 0.223 e. The van der Waals surface area contributed by atoms with Gasteiger partial charge in [0.15, 0.2) is 0 Å². The minimum atomic E-state index is 0.109. The van der Waals surface area contributed by atoms with Crippen LogP contribution >= 0.6 is 0 Å². The Hall–Kier alpha value is -1.06. The Kier molecular flexibility index (Phi) is 5.88. The van der Waals surface area contributed by atoms with Gasteiger partial charge in [-0.15, -0.1) is 0 Å². The van der Waals surface area contributed by atoms with E-state index in [0.717, 1.165) is 49.4 Å². The number of hydrogen-bond donors (Lipinski definition) is 2. The molecule has 5 rings (SSSR count). The van der Waals surface area contributed by atoms with Crippen molar-refractivity contribution in [3.05, 3.63) is 0 Å². The minimum absolute atomic E-state index is 0.109. The molecule has 0 heterocycles. The molecule has 0 unspecified atom stereocenters. The Balaban J connectivity index is 1.05.